The lowest BCUT2D eigenvalue weighted by Gasteiger charge is -2.00. The third-order valence-electron chi connectivity index (χ3n) is 2.12. The maximum atomic E-state index is 4.05. The summed E-state index contributed by atoms with van der Waals surface area (Å²) in [5.41, 5.74) is 2.08. The first kappa shape index (κ1) is 7.24. The maximum absolute atomic E-state index is 4.05. The summed E-state index contributed by atoms with van der Waals surface area (Å²) >= 11 is 0. The van der Waals surface area contributed by atoms with Gasteiger partial charge in [-0.2, -0.15) is 4.68 Å². The number of rotatable bonds is 0. The molecule has 1 aliphatic heterocycles. The molecule has 2 heterocycles. The molecule has 0 N–H and O–H groups in total. The molecule has 0 spiro atoms. The fraction of sp³-hybridized carbons (Fsp3) is 0. The van der Waals surface area contributed by atoms with Crippen molar-refractivity contribution in [1.82, 2.24) is 14.9 Å². The van der Waals surface area contributed by atoms with Crippen LogP contribution in [0.5, 0.6) is 0 Å². The maximum Gasteiger partial charge on any atom is 0.186 e. The first-order valence-corrected chi connectivity index (χ1v) is 4.24. The molecule has 0 amide bonds. The molecular formula is C10H6N4. The lowest BCUT2D eigenvalue weighted by atomic mass is 10.1. The van der Waals surface area contributed by atoms with E-state index in [1.165, 1.54) is 0 Å². The van der Waals surface area contributed by atoms with Crippen LogP contribution in [0.1, 0.15) is 5.56 Å². The van der Waals surface area contributed by atoms with Gasteiger partial charge >= 0.3 is 0 Å². The van der Waals surface area contributed by atoms with Gasteiger partial charge in [0.1, 0.15) is 6.33 Å². The summed E-state index contributed by atoms with van der Waals surface area (Å²) in [7, 11) is 0. The Labute approximate surface area is 80.2 Å². The molecule has 0 fully saturated rings. The fourth-order valence-electron chi connectivity index (χ4n) is 1.47. The van der Waals surface area contributed by atoms with E-state index in [1.807, 2.05) is 30.3 Å². The molecule has 1 aromatic carbocycles. The van der Waals surface area contributed by atoms with Crippen molar-refractivity contribution in [2.45, 2.75) is 0 Å². The van der Waals surface area contributed by atoms with E-state index in [0.717, 1.165) is 17.0 Å². The largest absolute Gasteiger partial charge is 0.192 e. The van der Waals surface area contributed by atoms with E-state index in [2.05, 4.69) is 21.2 Å². The van der Waals surface area contributed by atoms with Crippen LogP contribution in [-0.2, 0) is 0 Å². The zero-order chi connectivity index (χ0) is 9.38. The number of hydrogen-bond acceptors (Lipinski definition) is 3. The molecule has 0 atom stereocenters. The molecule has 0 aliphatic carbocycles. The lowest BCUT2D eigenvalue weighted by Crippen LogP contribution is -1.90. The smallest absolute Gasteiger partial charge is 0.186 e. The van der Waals surface area contributed by atoms with E-state index in [1.54, 1.807) is 11.0 Å². The van der Waals surface area contributed by atoms with Crippen molar-refractivity contribution in [3.8, 4) is 11.4 Å². The average molecular weight is 182 g/mol. The Morgan fingerprint density at radius 2 is 2.14 bits per heavy atom. The third kappa shape index (κ3) is 0.917. The Morgan fingerprint density at radius 1 is 1.21 bits per heavy atom. The van der Waals surface area contributed by atoms with Crippen LogP contribution in [0.3, 0.4) is 0 Å². The van der Waals surface area contributed by atoms with Crippen LogP contribution in [-0.4, -0.2) is 20.7 Å². The van der Waals surface area contributed by atoms with Gasteiger partial charge in [-0.25, -0.2) is 0 Å². The van der Waals surface area contributed by atoms with Gasteiger partial charge in [0.2, 0.25) is 0 Å². The predicted molar refractivity (Wildman–Crippen MR) is 52.8 cm³/mol. The number of nitrogens with zero attached hydrogens (tertiary/aromatic N) is 4. The molecular weight excluding hydrogens is 176 g/mol. The molecule has 3 rings (SSSR count). The SMILES string of the molecule is C1=Cc2ccccc2-c2nncn2N=1. The van der Waals surface area contributed by atoms with Gasteiger partial charge in [-0.3, -0.25) is 0 Å². The van der Waals surface area contributed by atoms with Gasteiger partial charge in [-0.1, -0.05) is 24.3 Å². The molecule has 4 heteroatoms. The van der Waals surface area contributed by atoms with E-state index in [9.17, 15) is 0 Å². The van der Waals surface area contributed by atoms with Gasteiger partial charge in [0, 0.05) is 17.5 Å². The number of fused-ring (bicyclic) bond motifs is 3. The predicted octanol–water partition coefficient (Wildman–Crippen LogP) is 1.40. The molecule has 1 aliphatic rings. The minimum Gasteiger partial charge on any atom is -0.192 e. The molecule has 0 unspecified atom stereocenters. The topological polar surface area (TPSA) is 43.1 Å². The van der Waals surface area contributed by atoms with Crippen molar-refractivity contribution in [3.05, 3.63) is 36.2 Å². The van der Waals surface area contributed by atoms with Gasteiger partial charge < -0.3 is 0 Å². The summed E-state index contributed by atoms with van der Waals surface area (Å²) in [6, 6.07) is 7.94. The molecule has 14 heavy (non-hydrogen) atoms. The van der Waals surface area contributed by atoms with Crippen LogP contribution in [0.15, 0.2) is 35.7 Å². The first-order chi connectivity index (χ1) is 6.95. The summed E-state index contributed by atoms with van der Waals surface area (Å²) in [6.07, 6.45) is 3.41. The normalized spacial score (nSPS) is 12.0. The Bertz CT molecular complexity index is 547. The Kier molecular flexibility index (Phi) is 1.37. The van der Waals surface area contributed by atoms with Crippen LogP contribution in [0.2, 0.25) is 0 Å². The summed E-state index contributed by atoms with van der Waals surface area (Å²) in [6.45, 7) is 0. The van der Waals surface area contributed by atoms with Crippen LogP contribution in [0, 0.1) is 0 Å². The van der Waals surface area contributed by atoms with Gasteiger partial charge in [0.15, 0.2) is 5.82 Å². The van der Waals surface area contributed by atoms with Crippen molar-refractivity contribution < 1.29 is 0 Å². The monoisotopic (exact) mass is 182 g/mol. The van der Waals surface area contributed by atoms with Crippen LogP contribution in [0.25, 0.3) is 17.5 Å². The second-order valence-electron chi connectivity index (χ2n) is 2.96. The molecule has 2 aromatic rings. The Hall–Kier alpha value is -2.19. The van der Waals surface area contributed by atoms with Gasteiger partial charge in [-0.15, -0.1) is 15.3 Å². The standard InChI is InChI=1S/C10H6N4/c1-2-4-9-8(3-1)5-6-12-14-7-11-13-10(9)14/h1-5,7H. The molecule has 4 nitrogen and oxygen atoms in total. The molecule has 1 aromatic heterocycles. The minimum absolute atomic E-state index is 0.752. The molecule has 0 radical (unpaired) electrons. The Balaban J connectivity index is 2.41. The van der Waals surface area contributed by atoms with Crippen molar-refractivity contribution in [2.75, 3.05) is 0 Å². The van der Waals surface area contributed by atoms with Crippen molar-refractivity contribution in [3.63, 3.8) is 0 Å². The molecule has 0 saturated heterocycles. The van der Waals surface area contributed by atoms with Gasteiger partial charge in [0.25, 0.3) is 0 Å². The van der Waals surface area contributed by atoms with E-state index < -0.39 is 0 Å². The average Bonchev–Trinajstić information content (AvgIpc) is 2.61. The fourth-order valence-corrected chi connectivity index (χ4v) is 1.47. The Morgan fingerprint density at radius 3 is 3.14 bits per heavy atom. The zero-order valence-electron chi connectivity index (χ0n) is 7.25. The number of benzene rings is 1. The van der Waals surface area contributed by atoms with E-state index in [0.29, 0.717) is 0 Å². The van der Waals surface area contributed by atoms with Crippen LogP contribution in [0.4, 0.5) is 0 Å². The highest BCUT2D eigenvalue weighted by molar-refractivity contribution is 5.85. The van der Waals surface area contributed by atoms with E-state index >= 15 is 0 Å². The summed E-state index contributed by atoms with van der Waals surface area (Å²) < 4.78 is 1.61. The van der Waals surface area contributed by atoms with E-state index in [4.69, 9.17) is 0 Å². The first-order valence-electron chi connectivity index (χ1n) is 4.24. The van der Waals surface area contributed by atoms with Crippen LogP contribution < -0.4 is 0 Å². The molecule has 0 bridgehead atoms. The summed E-state index contributed by atoms with van der Waals surface area (Å²) in [5.74, 6) is 3.58. The number of hydrogen-bond donors (Lipinski definition) is 0. The minimum atomic E-state index is 0.752. The highest BCUT2D eigenvalue weighted by atomic mass is 15.4. The number of aromatic nitrogens is 3. The van der Waals surface area contributed by atoms with Crippen molar-refractivity contribution in [2.24, 2.45) is 5.10 Å². The van der Waals surface area contributed by atoms with Gasteiger partial charge in [-0.05, 0) is 5.56 Å². The highest BCUT2D eigenvalue weighted by Gasteiger charge is 2.10. The van der Waals surface area contributed by atoms with Crippen LogP contribution >= 0.6 is 0 Å². The quantitative estimate of drug-likeness (QED) is 0.527. The highest BCUT2D eigenvalue weighted by Crippen LogP contribution is 2.23. The van der Waals surface area contributed by atoms with E-state index in [-0.39, 0.29) is 0 Å². The molecule has 0 saturated carbocycles. The second kappa shape index (κ2) is 2.65. The van der Waals surface area contributed by atoms with Gasteiger partial charge in [0.05, 0.1) is 0 Å². The second-order valence-corrected chi connectivity index (χ2v) is 2.96. The lowest BCUT2D eigenvalue weighted by molar-refractivity contribution is 0.892. The summed E-state index contributed by atoms with van der Waals surface area (Å²) in [4.78, 5) is 0. The van der Waals surface area contributed by atoms with Crippen molar-refractivity contribution in [1.29, 1.82) is 0 Å². The van der Waals surface area contributed by atoms with Crippen molar-refractivity contribution >= 4 is 11.9 Å². The molecule has 66 valence electrons. The summed E-state index contributed by atoms with van der Waals surface area (Å²) in [5, 5.41) is 11.9. The third-order valence-corrected chi connectivity index (χ3v) is 2.12. The zero-order valence-corrected chi connectivity index (χ0v) is 7.25.